The predicted octanol–water partition coefficient (Wildman–Crippen LogP) is 4.09. The smallest absolute Gasteiger partial charge is 0.269 e. The molecule has 1 heterocycles. The fraction of sp³-hybridized carbons (Fsp3) is 0.296. The first-order valence-corrected chi connectivity index (χ1v) is 13.7. The highest BCUT2D eigenvalue weighted by atomic mass is 32.2. The number of rotatable bonds is 10. The van der Waals surface area contributed by atoms with Crippen LogP contribution in [0.25, 0.3) is 0 Å². The van der Waals surface area contributed by atoms with E-state index < -0.39 is 27.4 Å². The van der Waals surface area contributed by atoms with Crippen LogP contribution in [0, 0.1) is 10.1 Å². The molecule has 3 aromatic carbocycles. The number of sulfonamides is 1. The van der Waals surface area contributed by atoms with E-state index in [1.165, 1.54) is 61.2 Å². The summed E-state index contributed by atoms with van der Waals surface area (Å²) >= 11 is 0. The first-order chi connectivity index (χ1) is 17.8. The number of non-ortho nitro benzene ring substituents is 1. The molecular formula is C27H30N4O5S. The number of amides is 1. The highest BCUT2D eigenvalue weighted by Crippen LogP contribution is 2.25. The van der Waals surface area contributed by atoms with Gasteiger partial charge in [-0.15, -0.1) is 0 Å². The van der Waals surface area contributed by atoms with E-state index in [0.29, 0.717) is 0 Å². The lowest BCUT2D eigenvalue weighted by atomic mass is 10.1. The first-order valence-electron chi connectivity index (χ1n) is 12.2. The number of nitro benzene ring substituents is 1. The van der Waals surface area contributed by atoms with E-state index in [9.17, 15) is 23.3 Å². The van der Waals surface area contributed by atoms with Crippen LogP contribution in [0.4, 0.5) is 11.4 Å². The van der Waals surface area contributed by atoms with Gasteiger partial charge >= 0.3 is 0 Å². The molecule has 0 saturated carbocycles. The van der Waals surface area contributed by atoms with Crippen molar-refractivity contribution in [2.24, 2.45) is 0 Å². The van der Waals surface area contributed by atoms with Crippen LogP contribution in [0.5, 0.6) is 0 Å². The van der Waals surface area contributed by atoms with Crippen molar-refractivity contribution in [3.63, 3.8) is 0 Å². The molecule has 37 heavy (non-hydrogen) atoms. The second-order valence-electron chi connectivity index (χ2n) is 9.03. The molecule has 1 saturated heterocycles. The van der Waals surface area contributed by atoms with Gasteiger partial charge in [0, 0.05) is 25.2 Å². The summed E-state index contributed by atoms with van der Waals surface area (Å²) in [5, 5.41) is 13.9. The molecule has 0 atom stereocenters. The van der Waals surface area contributed by atoms with Crippen LogP contribution < -0.4 is 9.62 Å². The lowest BCUT2D eigenvalue weighted by Gasteiger charge is -2.26. The molecule has 0 aromatic heterocycles. The van der Waals surface area contributed by atoms with Crippen molar-refractivity contribution >= 4 is 27.3 Å². The van der Waals surface area contributed by atoms with Crippen molar-refractivity contribution in [2.45, 2.75) is 37.2 Å². The maximum absolute atomic E-state index is 13.4. The SMILES string of the molecule is O=C(CN(c1ccc([N+](=O)[O-])cc1)S(=O)(=O)c1ccccc1)NCc1cccc(CN2CCCCC2)c1. The molecule has 1 aliphatic heterocycles. The Morgan fingerprint density at radius 2 is 1.59 bits per heavy atom. The number of nitrogens with one attached hydrogen (secondary N) is 1. The largest absolute Gasteiger partial charge is 0.350 e. The first kappa shape index (κ1) is 26.3. The molecule has 4 rings (SSSR count). The molecule has 3 aromatic rings. The average molecular weight is 523 g/mol. The van der Waals surface area contributed by atoms with Crippen molar-refractivity contribution < 1.29 is 18.1 Å². The van der Waals surface area contributed by atoms with Gasteiger partial charge in [-0.1, -0.05) is 48.9 Å². The Balaban J connectivity index is 1.47. The van der Waals surface area contributed by atoms with Crippen LogP contribution in [-0.2, 0) is 27.9 Å². The van der Waals surface area contributed by atoms with E-state index in [-0.39, 0.29) is 22.8 Å². The van der Waals surface area contributed by atoms with Crippen LogP contribution in [-0.4, -0.2) is 43.8 Å². The zero-order valence-electron chi connectivity index (χ0n) is 20.5. The Morgan fingerprint density at radius 1 is 0.919 bits per heavy atom. The summed E-state index contributed by atoms with van der Waals surface area (Å²) in [6.45, 7) is 2.84. The van der Waals surface area contributed by atoms with Crippen LogP contribution in [0.3, 0.4) is 0 Å². The Kier molecular flexibility index (Phi) is 8.52. The number of benzene rings is 3. The normalized spacial score (nSPS) is 14.2. The molecule has 0 bridgehead atoms. The summed E-state index contributed by atoms with van der Waals surface area (Å²) < 4.78 is 27.8. The molecule has 0 unspecified atom stereocenters. The number of nitro groups is 1. The molecule has 1 fully saturated rings. The molecule has 9 nitrogen and oxygen atoms in total. The summed E-state index contributed by atoms with van der Waals surface area (Å²) in [5.41, 5.74) is 2.09. The average Bonchev–Trinajstić information content (AvgIpc) is 2.92. The molecule has 1 aliphatic rings. The number of piperidine rings is 1. The minimum atomic E-state index is -4.09. The molecule has 194 valence electrons. The lowest BCUT2D eigenvalue weighted by Crippen LogP contribution is -2.40. The number of likely N-dealkylation sites (tertiary alicyclic amines) is 1. The summed E-state index contributed by atoms with van der Waals surface area (Å²) in [7, 11) is -4.09. The van der Waals surface area contributed by atoms with Gasteiger partial charge in [0.25, 0.3) is 15.7 Å². The number of hydrogen-bond donors (Lipinski definition) is 1. The maximum Gasteiger partial charge on any atom is 0.269 e. The van der Waals surface area contributed by atoms with Gasteiger partial charge in [0.15, 0.2) is 0 Å². The van der Waals surface area contributed by atoms with Crippen LogP contribution in [0.1, 0.15) is 30.4 Å². The van der Waals surface area contributed by atoms with E-state index in [0.717, 1.165) is 29.5 Å². The number of carbonyl (C=O) groups is 1. The van der Waals surface area contributed by atoms with Crippen molar-refractivity contribution in [3.05, 3.63) is 100 Å². The maximum atomic E-state index is 13.4. The van der Waals surface area contributed by atoms with E-state index in [1.807, 2.05) is 12.1 Å². The molecule has 0 spiro atoms. The number of carbonyl (C=O) groups excluding carboxylic acids is 1. The number of hydrogen-bond acceptors (Lipinski definition) is 6. The van der Waals surface area contributed by atoms with Crippen molar-refractivity contribution in [3.8, 4) is 0 Å². The van der Waals surface area contributed by atoms with Gasteiger partial charge in [0.1, 0.15) is 6.54 Å². The Labute approximate surface area is 216 Å². The highest BCUT2D eigenvalue weighted by molar-refractivity contribution is 7.92. The zero-order valence-corrected chi connectivity index (χ0v) is 21.3. The van der Waals surface area contributed by atoms with Crippen LogP contribution >= 0.6 is 0 Å². The van der Waals surface area contributed by atoms with Gasteiger partial charge < -0.3 is 5.32 Å². The van der Waals surface area contributed by atoms with E-state index in [1.54, 1.807) is 18.2 Å². The Morgan fingerprint density at radius 3 is 2.27 bits per heavy atom. The minimum Gasteiger partial charge on any atom is -0.350 e. The topological polar surface area (TPSA) is 113 Å². The van der Waals surface area contributed by atoms with Crippen LogP contribution in [0.2, 0.25) is 0 Å². The van der Waals surface area contributed by atoms with Gasteiger partial charge in [-0.3, -0.25) is 24.1 Å². The summed E-state index contributed by atoms with van der Waals surface area (Å²) in [6.07, 6.45) is 3.71. The summed E-state index contributed by atoms with van der Waals surface area (Å²) in [5.74, 6) is -0.487. The van der Waals surface area contributed by atoms with E-state index >= 15 is 0 Å². The zero-order chi connectivity index (χ0) is 26.3. The minimum absolute atomic E-state index is 0.0200. The molecular weight excluding hydrogens is 492 g/mol. The Hall–Kier alpha value is -3.76. The standard InChI is InChI=1S/C27H30N4O5S/c32-27(28-19-22-8-7-9-23(18-22)20-29-16-5-2-6-17-29)21-30(24-12-14-25(15-13-24)31(33)34)37(35,36)26-10-3-1-4-11-26/h1,3-4,7-15,18H,2,5-6,16-17,19-21H2,(H,28,32). The van der Waals surface area contributed by atoms with Crippen molar-refractivity contribution in [1.82, 2.24) is 10.2 Å². The van der Waals surface area contributed by atoms with E-state index in [4.69, 9.17) is 0 Å². The van der Waals surface area contributed by atoms with Gasteiger partial charge in [0.2, 0.25) is 5.91 Å². The quantitative estimate of drug-likeness (QED) is 0.317. The van der Waals surface area contributed by atoms with Gasteiger partial charge in [0.05, 0.1) is 15.5 Å². The predicted molar refractivity (Wildman–Crippen MR) is 141 cm³/mol. The molecule has 1 amide bonds. The fourth-order valence-electron chi connectivity index (χ4n) is 4.38. The highest BCUT2D eigenvalue weighted by Gasteiger charge is 2.27. The third-order valence-corrected chi connectivity index (χ3v) is 8.09. The van der Waals surface area contributed by atoms with Gasteiger partial charge in [-0.25, -0.2) is 8.42 Å². The van der Waals surface area contributed by atoms with Gasteiger partial charge in [-0.05, 0) is 61.3 Å². The third-order valence-electron chi connectivity index (χ3n) is 6.30. The fourth-order valence-corrected chi connectivity index (χ4v) is 5.82. The van der Waals surface area contributed by atoms with Crippen LogP contribution in [0.15, 0.2) is 83.8 Å². The van der Waals surface area contributed by atoms with Gasteiger partial charge in [-0.2, -0.15) is 0 Å². The molecule has 10 heteroatoms. The second-order valence-corrected chi connectivity index (χ2v) is 10.9. The number of nitrogens with zero attached hydrogens (tertiary/aromatic N) is 3. The third kappa shape index (κ3) is 6.93. The Bertz CT molecular complexity index is 1320. The summed E-state index contributed by atoms with van der Waals surface area (Å²) in [4.78, 5) is 25.8. The van der Waals surface area contributed by atoms with Crippen molar-refractivity contribution in [2.75, 3.05) is 23.9 Å². The summed E-state index contributed by atoms with van der Waals surface area (Å²) in [6, 6.07) is 20.9. The molecule has 0 aliphatic carbocycles. The monoisotopic (exact) mass is 522 g/mol. The number of anilines is 1. The van der Waals surface area contributed by atoms with E-state index in [2.05, 4.69) is 22.3 Å². The lowest BCUT2D eigenvalue weighted by molar-refractivity contribution is -0.384. The second kappa shape index (κ2) is 12.0. The molecule has 0 radical (unpaired) electrons. The van der Waals surface area contributed by atoms with Crippen molar-refractivity contribution in [1.29, 1.82) is 0 Å². The molecule has 1 N–H and O–H groups in total.